The molecule has 1 heterocycles. The zero-order valence-corrected chi connectivity index (χ0v) is 12.6. The molecule has 0 aliphatic heterocycles. The van der Waals surface area contributed by atoms with E-state index in [-0.39, 0.29) is 23.8 Å². The molecule has 18 heavy (non-hydrogen) atoms. The molecule has 0 atom stereocenters. The first-order chi connectivity index (χ1) is 8.29. The van der Waals surface area contributed by atoms with Gasteiger partial charge in [0.05, 0.1) is 11.8 Å². The number of carbonyl (C=O) groups excluding carboxylic acids is 1. The molecule has 1 aromatic rings. The Morgan fingerprint density at radius 3 is 2.78 bits per heavy atom. The van der Waals surface area contributed by atoms with Crippen molar-refractivity contribution in [1.29, 1.82) is 0 Å². The second kappa shape index (κ2) is 6.46. The molecule has 0 aliphatic rings. The Labute approximate surface area is 118 Å². The molecule has 0 unspecified atom stereocenters. The first-order valence-electron chi connectivity index (χ1n) is 4.83. The van der Waals surface area contributed by atoms with Gasteiger partial charge in [-0.2, -0.15) is 0 Å². The summed E-state index contributed by atoms with van der Waals surface area (Å²) in [6.07, 6.45) is 2.52. The average Bonchev–Trinajstić information content (AvgIpc) is 2.26. The van der Waals surface area contributed by atoms with E-state index >= 15 is 0 Å². The van der Waals surface area contributed by atoms with Gasteiger partial charge in [0.1, 0.15) is 5.15 Å². The Bertz CT molecular complexity index is 550. The minimum atomic E-state index is -3.25. The number of hydrogen-bond donors (Lipinski definition) is 2. The maximum atomic E-state index is 11.7. The van der Waals surface area contributed by atoms with Crippen LogP contribution in [0.4, 0.5) is 0 Å². The smallest absolute Gasteiger partial charge is 0.254 e. The molecular weight excluding hydrogens is 346 g/mol. The van der Waals surface area contributed by atoms with Gasteiger partial charge < -0.3 is 5.32 Å². The molecule has 0 saturated carbocycles. The third-order valence-corrected chi connectivity index (χ3v) is 3.29. The molecule has 9 heteroatoms. The van der Waals surface area contributed by atoms with Crippen LogP contribution in [0.5, 0.6) is 0 Å². The largest absolute Gasteiger partial charge is 0.351 e. The summed E-state index contributed by atoms with van der Waals surface area (Å²) < 4.78 is 24.5. The van der Waals surface area contributed by atoms with Crippen LogP contribution in [0.2, 0.25) is 5.15 Å². The van der Waals surface area contributed by atoms with Gasteiger partial charge in [0.25, 0.3) is 5.91 Å². The number of sulfonamides is 1. The fourth-order valence-corrected chi connectivity index (χ4v) is 2.08. The highest BCUT2D eigenvalue weighted by Crippen LogP contribution is 2.17. The third-order valence-electron chi connectivity index (χ3n) is 1.83. The average molecular weight is 357 g/mol. The zero-order chi connectivity index (χ0) is 13.8. The minimum Gasteiger partial charge on any atom is -0.351 e. The van der Waals surface area contributed by atoms with Crippen LogP contribution in [0.15, 0.2) is 16.7 Å². The van der Waals surface area contributed by atoms with Crippen molar-refractivity contribution in [2.45, 2.75) is 0 Å². The molecule has 100 valence electrons. The molecule has 0 bridgehead atoms. The molecular formula is C9H11BrClN3O3S. The molecule has 0 radical (unpaired) electrons. The lowest BCUT2D eigenvalue weighted by molar-refractivity contribution is 0.0954. The van der Waals surface area contributed by atoms with E-state index in [4.69, 9.17) is 11.6 Å². The van der Waals surface area contributed by atoms with E-state index in [1.165, 1.54) is 12.3 Å². The van der Waals surface area contributed by atoms with Crippen LogP contribution >= 0.6 is 27.5 Å². The summed E-state index contributed by atoms with van der Waals surface area (Å²) in [5, 5.41) is 2.62. The van der Waals surface area contributed by atoms with Crippen molar-refractivity contribution in [3.8, 4) is 0 Å². The number of nitrogens with zero attached hydrogens (tertiary/aromatic N) is 1. The monoisotopic (exact) mass is 355 g/mol. The van der Waals surface area contributed by atoms with Gasteiger partial charge in [-0.3, -0.25) is 4.79 Å². The quantitative estimate of drug-likeness (QED) is 0.603. The van der Waals surface area contributed by atoms with Gasteiger partial charge >= 0.3 is 0 Å². The lowest BCUT2D eigenvalue weighted by atomic mass is 10.2. The van der Waals surface area contributed by atoms with E-state index < -0.39 is 15.9 Å². The van der Waals surface area contributed by atoms with Crippen LogP contribution in [0.3, 0.4) is 0 Å². The number of carbonyl (C=O) groups is 1. The lowest BCUT2D eigenvalue weighted by Gasteiger charge is -2.07. The molecule has 0 aliphatic carbocycles. The van der Waals surface area contributed by atoms with Gasteiger partial charge in [0, 0.05) is 23.8 Å². The number of rotatable bonds is 5. The normalized spacial score (nSPS) is 11.3. The van der Waals surface area contributed by atoms with Gasteiger partial charge in [0.2, 0.25) is 10.0 Å². The predicted molar refractivity (Wildman–Crippen MR) is 72.1 cm³/mol. The van der Waals surface area contributed by atoms with Crippen molar-refractivity contribution in [2.24, 2.45) is 0 Å². The molecule has 0 saturated heterocycles. The molecule has 1 amide bonds. The van der Waals surface area contributed by atoms with Crippen LogP contribution in [0.1, 0.15) is 10.4 Å². The summed E-state index contributed by atoms with van der Waals surface area (Å²) >= 11 is 8.95. The number of halogens is 2. The van der Waals surface area contributed by atoms with Crippen LogP contribution in [-0.2, 0) is 10.0 Å². The number of amides is 1. The van der Waals surface area contributed by atoms with Crippen LogP contribution in [0, 0.1) is 0 Å². The summed E-state index contributed by atoms with van der Waals surface area (Å²) in [7, 11) is -3.25. The van der Waals surface area contributed by atoms with Crippen molar-refractivity contribution in [3.63, 3.8) is 0 Å². The molecule has 2 N–H and O–H groups in total. The van der Waals surface area contributed by atoms with E-state index in [9.17, 15) is 13.2 Å². The Kier molecular flexibility index (Phi) is 5.51. The third kappa shape index (κ3) is 5.30. The molecule has 0 fully saturated rings. The van der Waals surface area contributed by atoms with Crippen molar-refractivity contribution in [1.82, 2.24) is 15.0 Å². The van der Waals surface area contributed by atoms with Gasteiger partial charge in [-0.05, 0) is 22.0 Å². The second-order valence-electron chi connectivity index (χ2n) is 3.41. The van der Waals surface area contributed by atoms with Crippen molar-refractivity contribution < 1.29 is 13.2 Å². The van der Waals surface area contributed by atoms with E-state index in [1.807, 2.05) is 0 Å². The fourth-order valence-electron chi connectivity index (χ4n) is 1.09. The maximum Gasteiger partial charge on any atom is 0.254 e. The number of hydrogen-bond acceptors (Lipinski definition) is 4. The predicted octanol–water partition coefficient (Wildman–Crippen LogP) is 0.776. The minimum absolute atomic E-state index is 0.0896. The van der Waals surface area contributed by atoms with Crippen molar-refractivity contribution in [3.05, 3.63) is 27.5 Å². The zero-order valence-electron chi connectivity index (χ0n) is 9.41. The summed E-state index contributed by atoms with van der Waals surface area (Å²) in [4.78, 5) is 15.5. The van der Waals surface area contributed by atoms with E-state index in [2.05, 4.69) is 31.0 Å². The lowest BCUT2D eigenvalue weighted by Crippen LogP contribution is -2.34. The maximum absolute atomic E-state index is 11.7. The SMILES string of the molecule is CS(=O)(=O)NCCNC(=O)c1cc(Br)cnc1Cl. The van der Waals surface area contributed by atoms with Crippen molar-refractivity contribution >= 4 is 43.5 Å². The van der Waals surface area contributed by atoms with Crippen LogP contribution in [-0.4, -0.2) is 38.7 Å². The topological polar surface area (TPSA) is 88.2 Å². The van der Waals surface area contributed by atoms with E-state index in [0.29, 0.717) is 4.47 Å². The molecule has 1 rings (SSSR count). The Morgan fingerprint density at radius 1 is 1.50 bits per heavy atom. The fraction of sp³-hybridized carbons (Fsp3) is 0.333. The Balaban J connectivity index is 2.53. The van der Waals surface area contributed by atoms with E-state index in [0.717, 1.165) is 6.26 Å². The van der Waals surface area contributed by atoms with Gasteiger partial charge in [-0.25, -0.2) is 18.1 Å². The summed E-state index contributed by atoms with van der Waals surface area (Å²) in [5.41, 5.74) is 0.227. The van der Waals surface area contributed by atoms with Gasteiger partial charge in [-0.15, -0.1) is 0 Å². The molecule has 6 nitrogen and oxygen atoms in total. The first kappa shape index (κ1) is 15.4. The highest BCUT2D eigenvalue weighted by atomic mass is 79.9. The molecule has 1 aromatic heterocycles. The van der Waals surface area contributed by atoms with Gasteiger partial charge in [0.15, 0.2) is 0 Å². The highest BCUT2D eigenvalue weighted by Gasteiger charge is 2.11. The number of pyridine rings is 1. The highest BCUT2D eigenvalue weighted by molar-refractivity contribution is 9.10. The second-order valence-corrected chi connectivity index (χ2v) is 6.52. The summed E-state index contributed by atoms with van der Waals surface area (Å²) in [6, 6.07) is 1.54. The summed E-state index contributed by atoms with van der Waals surface area (Å²) in [6.45, 7) is 0.276. The molecule has 0 aromatic carbocycles. The Morgan fingerprint density at radius 2 is 2.17 bits per heavy atom. The van der Waals surface area contributed by atoms with Crippen molar-refractivity contribution in [2.75, 3.05) is 19.3 Å². The van der Waals surface area contributed by atoms with Crippen LogP contribution < -0.4 is 10.0 Å². The van der Waals surface area contributed by atoms with Crippen LogP contribution in [0.25, 0.3) is 0 Å². The summed E-state index contributed by atoms with van der Waals surface area (Å²) in [5.74, 6) is -0.413. The standard InChI is InChI=1S/C9H11BrClN3O3S/c1-18(16,17)14-3-2-12-9(15)7-4-6(10)5-13-8(7)11/h4-5,14H,2-3H2,1H3,(H,12,15). The van der Waals surface area contributed by atoms with E-state index in [1.54, 1.807) is 0 Å². The number of nitrogens with one attached hydrogen (secondary N) is 2. The Hall–Kier alpha value is -0.700. The molecule has 0 spiro atoms. The van der Waals surface area contributed by atoms with Gasteiger partial charge in [-0.1, -0.05) is 11.6 Å². The first-order valence-corrected chi connectivity index (χ1v) is 7.90. The number of aromatic nitrogens is 1.